The Bertz CT molecular complexity index is 751. The van der Waals surface area contributed by atoms with Gasteiger partial charge in [0.15, 0.2) is 0 Å². The van der Waals surface area contributed by atoms with Crippen LogP contribution in [0.4, 0.5) is 0 Å². The fourth-order valence-corrected chi connectivity index (χ4v) is 5.18. The van der Waals surface area contributed by atoms with Crippen LogP contribution in [0.1, 0.15) is 64.7 Å². The molecule has 2 aliphatic carbocycles. The van der Waals surface area contributed by atoms with Crippen LogP contribution in [0.15, 0.2) is 47.6 Å². The second kappa shape index (κ2) is 27.9. The topological polar surface area (TPSA) is 93.1 Å². The lowest BCUT2D eigenvalue weighted by Gasteiger charge is -2.14. The van der Waals surface area contributed by atoms with Gasteiger partial charge in [-0.05, 0) is 74.9 Å². The van der Waals surface area contributed by atoms with Crippen LogP contribution in [0, 0.1) is 24.7 Å². The zero-order valence-corrected chi connectivity index (χ0v) is 24.7. The van der Waals surface area contributed by atoms with Gasteiger partial charge in [-0.1, -0.05) is 42.0 Å². The first-order chi connectivity index (χ1) is 18.6. The summed E-state index contributed by atoms with van der Waals surface area (Å²) in [7, 11) is 3.43. The summed E-state index contributed by atoms with van der Waals surface area (Å²) in [6, 6.07) is 0. The summed E-state index contributed by atoms with van der Waals surface area (Å²) in [6.45, 7) is 3.44. The Kier molecular flexibility index (Phi) is 27.9. The van der Waals surface area contributed by atoms with Gasteiger partial charge in [-0.25, -0.2) is 0 Å². The molecule has 0 heterocycles. The molecule has 216 valence electrons. The van der Waals surface area contributed by atoms with Gasteiger partial charge in [0.05, 0.1) is 13.7 Å². The molecular formula is C31H50O6S. The molecule has 0 aliphatic heterocycles. The van der Waals surface area contributed by atoms with E-state index in [9.17, 15) is 9.59 Å². The predicted octanol–water partition coefficient (Wildman–Crippen LogP) is 5.70. The third kappa shape index (κ3) is 18.2. The molecule has 0 saturated heterocycles. The number of methoxy groups -OCH3 is 1. The number of ether oxygens (including phenoxy) is 2. The number of rotatable bonds is 15. The van der Waals surface area contributed by atoms with Crippen molar-refractivity contribution in [3.63, 3.8) is 0 Å². The van der Waals surface area contributed by atoms with Crippen molar-refractivity contribution in [2.75, 3.05) is 46.0 Å². The number of allylic oxidation sites excluding steroid dienone is 6. The van der Waals surface area contributed by atoms with Crippen LogP contribution in [0.3, 0.4) is 0 Å². The summed E-state index contributed by atoms with van der Waals surface area (Å²) < 4.78 is 10.2. The molecule has 2 N–H and O–H groups in total. The fraction of sp³-hybridized carbons (Fsp3) is 0.613. The average Bonchev–Trinajstić information content (AvgIpc) is 3.16. The highest BCUT2D eigenvalue weighted by Gasteiger charge is 2.32. The Morgan fingerprint density at radius 2 is 1.87 bits per heavy atom. The quantitative estimate of drug-likeness (QED) is 0.117. The van der Waals surface area contributed by atoms with E-state index in [1.807, 2.05) is 18.7 Å². The van der Waals surface area contributed by atoms with Crippen LogP contribution < -0.4 is 0 Å². The highest BCUT2D eigenvalue weighted by atomic mass is 32.2. The Morgan fingerprint density at radius 3 is 2.55 bits per heavy atom. The third-order valence-corrected chi connectivity index (χ3v) is 7.18. The Morgan fingerprint density at radius 1 is 1.16 bits per heavy atom. The molecule has 0 aromatic heterocycles. The van der Waals surface area contributed by atoms with E-state index < -0.39 is 0 Å². The normalized spacial score (nSPS) is 18.1. The lowest BCUT2D eigenvalue weighted by Crippen LogP contribution is -2.13. The van der Waals surface area contributed by atoms with Gasteiger partial charge in [0.25, 0.3) is 0 Å². The second-order valence-electron chi connectivity index (χ2n) is 8.45. The van der Waals surface area contributed by atoms with Gasteiger partial charge in [-0.15, -0.1) is 12.8 Å². The monoisotopic (exact) mass is 550 g/mol. The van der Waals surface area contributed by atoms with Crippen molar-refractivity contribution in [3.8, 4) is 12.8 Å². The first-order valence-electron chi connectivity index (χ1n) is 13.3. The first-order valence-corrected chi connectivity index (χ1v) is 14.5. The summed E-state index contributed by atoms with van der Waals surface area (Å²) in [6.07, 6.45) is 29.7. The third-order valence-electron chi connectivity index (χ3n) is 6.03. The molecule has 1 saturated carbocycles. The minimum Gasteiger partial charge on any atom is -0.469 e. The van der Waals surface area contributed by atoms with Crippen molar-refractivity contribution in [1.82, 2.24) is 0 Å². The molecular weight excluding hydrogens is 500 g/mol. The van der Waals surface area contributed by atoms with Crippen molar-refractivity contribution in [3.05, 3.63) is 47.6 Å². The van der Waals surface area contributed by atoms with E-state index in [2.05, 4.69) is 54.0 Å². The maximum atomic E-state index is 12.4. The summed E-state index contributed by atoms with van der Waals surface area (Å²) in [5, 5.41) is 14.0. The molecule has 0 aromatic rings. The van der Waals surface area contributed by atoms with Gasteiger partial charge < -0.3 is 19.7 Å². The number of aliphatic hydroxyl groups is 2. The maximum absolute atomic E-state index is 12.4. The van der Waals surface area contributed by atoms with Gasteiger partial charge >= 0.3 is 5.97 Å². The van der Waals surface area contributed by atoms with Gasteiger partial charge in [0, 0.05) is 39.6 Å². The zero-order valence-electron chi connectivity index (χ0n) is 23.9. The van der Waals surface area contributed by atoms with Gasteiger partial charge in [0.2, 0.25) is 0 Å². The number of esters is 1. The number of aliphatic hydroxyl groups excluding tert-OH is 2. The molecule has 0 unspecified atom stereocenters. The molecule has 1 fully saturated rings. The van der Waals surface area contributed by atoms with Gasteiger partial charge in [-0.3, -0.25) is 9.59 Å². The van der Waals surface area contributed by atoms with Crippen molar-refractivity contribution in [2.45, 2.75) is 64.7 Å². The molecule has 0 amide bonds. The zero-order chi connectivity index (χ0) is 29.0. The second-order valence-corrected chi connectivity index (χ2v) is 9.67. The van der Waals surface area contributed by atoms with E-state index in [0.29, 0.717) is 24.7 Å². The van der Waals surface area contributed by atoms with Crippen LogP contribution in [-0.2, 0) is 19.1 Å². The highest BCUT2D eigenvalue weighted by Crippen LogP contribution is 2.34. The molecule has 0 spiro atoms. The van der Waals surface area contributed by atoms with Gasteiger partial charge in [-0.2, -0.15) is 11.8 Å². The van der Waals surface area contributed by atoms with E-state index in [-0.39, 0.29) is 11.9 Å². The smallest absolute Gasteiger partial charge is 0.305 e. The van der Waals surface area contributed by atoms with Crippen LogP contribution >= 0.6 is 11.8 Å². The average molecular weight is 551 g/mol. The van der Waals surface area contributed by atoms with E-state index in [0.717, 1.165) is 83.7 Å². The lowest BCUT2D eigenvalue weighted by atomic mass is 9.90. The SMILES string of the molecule is C#C.CCOCC1=CC(CC/C=C/[C@H]2CCC(=O)[C@@H]2CCCSCCCC(=O)OC)=CCC=C1.CO.CO. The number of Topliss-reactive ketones (excluding diaryl/α,β-unsaturated/α-hetero) is 1. The number of thioether (sulfide) groups is 1. The number of ketones is 1. The van der Waals surface area contributed by atoms with Crippen LogP contribution in [0.25, 0.3) is 0 Å². The maximum Gasteiger partial charge on any atom is 0.305 e. The van der Waals surface area contributed by atoms with Crippen molar-refractivity contribution < 1.29 is 29.3 Å². The molecule has 2 atom stereocenters. The van der Waals surface area contributed by atoms with Crippen LogP contribution in [0.5, 0.6) is 0 Å². The molecule has 2 aliphatic rings. The molecule has 2 rings (SSSR count). The predicted molar refractivity (Wildman–Crippen MR) is 160 cm³/mol. The molecule has 7 heteroatoms. The van der Waals surface area contributed by atoms with E-state index in [4.69, 9.17) is 14.9 Å². The lowest BCUT2D eigenvalue weighted by molar-refractivity contribution is -0.140. The van der Waals surface area contributed by atoms with Crippen molar-refractivity contribution in [2.24, 2.45) is 11.8 Å². The summed E-state index contributed by atoms with van der Waals surface area (Å²) in [4.78, 5) is 23.5. The molecule has 6 nitrogen and oxygen atoms in total. The number of terminal acetylenes is 1. The minimum atomic E-state index is -0.134. The number of hydrogen-bond acceptors (Lipinski definition) is 7. The van der Waals surface area contributed by atoms with E-state index >= 15 is 0 Å². The highest BCUT2D eigenvalue weighted by molar-refractivity contribution is 7.99. The Labute approximate surface area is 235 Å². The van der Waals surface area contributed by atoms with Crippen LogP contribution in [-0.4, -0.2) is 68.0 Å². The standard InChI is InChI=1S/C27H40O4S.C2H2.2CH4O/c1-3-31-21-23-12-5-4-10-22(20-23)11-6-7-13-24-16-17-26(28)25(24)14-8-18-32-19-9-15-27(29)30-2;3*1-2/h5,7,10,12-13,20,24-25H,3-4,6,8-9,11,14-19,21H2,1-2H3;1-2H;2*2H,1H3/b13-7+;;;/t24-,25+;;;/m0.../s1. The van der Waals surface area contributed by atoms with E-state index in [1.165, 1.54) is 18.3 Å². The minimum absolute atomic E-state index is 0.134. The van der Waals surface area contributed by atoms with Crippen molar-refractivity contribution >= 4 is 23.5 Å². The van der Waals surface area contributed by atoms with Crippen molar-refractivity contribution in [1.29, 1.82) is 0 Å². The number of hydrogen-bond donors (Lipinski definition) is 2. The summed E-state index contributed by atoms with van der Waals surface area (Å²) in [5.74, 6) is 2.94. The largest absolute Gasteiger partial charge is 0.469 e. The molecule has 0 bridgehead atoms. The number of carbonyl (C=O) groups excluding carboxylic acids is 2. The van der Waals surface area contributed by atoms with Crippen LogP contribution in [0.2, 0.25) is 0 Å². The summed E-state index contributed by atoms with van der Waals surface area (Å²) >= 11 is 1.87. The molecule has 38 heavy (non-hydrogen) atoms. The molecule has 0 radical (unpaired) electrons. The van der Waals surface area contributed by atoms with Gasteiger partial charge in [0.1, 0.15) is 5.78 Å². The Hall–Kier alpha value is -2.11. The summed E-state index contributed by atoms with van der Waals surface area (Å²) in [5.41, 5.74) is 2.61. The fourth-order valence-electron chi connectivity index (χ4n) is 4.26. The number of carbonyl (C=O) groups is 2. The van der Waals surface area contributed by atoms with E-state index in [1.54, 1.807) is 0 Å². The first kappa shape index (κ1) is 38.0. The Balaban J connectivity index is 0. The molecule has 0 aromatic carbocycles.